The third-order valence-electron chi connectivity index (χ3n) is 2.76. The van der Waals surface area contributed by atoms with Crippen LogP contribution in [-0.2, 0) is 6.54 Å². The van der Waals surface area contributed by atoms with E-state index in [1.165, 1.54) is 15.9 Å². The molecule has 0 spiro atoms. The maximum Gasteiger partial charge on any atom is 0.330 e. The largest absolute Gasteiger partial charge is 0.331 e. The minimum atomic E-state index is -0.467. The van der Waals surface area contributed by atoms with Crippen LogP contribution in [0.15, 0.2) is 21.7 Å². The summed E-state index contributed by atoms with van der Waals surface area (Å²) in [5.74, 6) is 0.533. The van der Waals surface area contributed by atoms with Crippen molar-refractivity contribution in [2.75, 3.05) is 0 Å². The molecule has 0 atom stereocenters. The molecule has 3 aromatic rings. The van der Waals surface area contributed by atoms with Gasteiger partial charge in [-0.05, 0) is 19.1 Å². The van der Waals surface area contributed by atoms with Crippen molar-refractivity contribution in [3.8, 4) is 10.7 Å². The normalized spacial score (nSPS) is 11.3. The lowest BCUT2D eigenvalue weighted by atomic mass is 10.4. The summed E-state index contributed by atoms with van der Waals surface area (Å²) in [5, 5.41) is 0. The number of hydrogen-bond acceptors (Lipinski definition) is 4. The summed E-state index contributed by atoms with van der Waals surface area (Å²) in [6.07, 6.45) is 0. The molecule has 3 heterocycles. The van der Waals surface area contributed by atoms with E-state index in [9.17, 15) is 9.59 Å². The van der Waals surface area contributed by atoms with Gasteiger partial charge in [0.2, 0.25) is 0 Å². The fourth-order valence-electron chi connectivity index (χ4n) is 1.89. The van der Waals surface area contributed by atoms with Crippen LogP contribution in [0.5, 0.6) is 0 Å². The summed E-state index contributed by atoms with van der Waals surface area (Å²) in [6, 6.07) is 3.57. The van der Waals surface area contributed by atoms with Gasteiger partial charge in [-0.1, -0.05) is 11.6 Å². The minimum absolute atomic E-state index is 0.293. The molecule has 2 N–H and O–H groups in total. The molecule has 19 heavy (non-hydrogen) atoms. The molecule has 0 fully saturated rings. The van der Waals surface area contributed by atoms with Gasteiger partial charge in [0.05, 0.1) is 9.21 Å². The quantitative estimate of drug-likeness (QED) is 0.756. The van der Waals surface area contributed by atoms with Crippen LogP contribution in [0.1, 0.15) is 6.92 Å². The average molecular weight is 297 g/mol. The summed E-state index contributed by atoms with van der Waals surface area (Å²) >= 11 is 7.23. The van der Waals surface area contributed by atoms with E-state index in [-0.39, 0.29) is 0 Å². The number of thiophene rings is 1. The minimum Gasteiger partial charge on any atom is -0.331 e. The van der Waals surface area contributed by atoms with Crippen LogP contribution in [0.2, 0.25) is 4.34 Å². The van der Waals surface area contributed by atoms with Crippen molar-refractivity contribution >= 4 is 34.1 Å². The highest BCUT2D eigenvalue weighted by molar-refractivity contribution is 7.19. The lowest BCUT2D eigenvalue weighted by Gasteiger charge is -1.99. The fraction of sp³-hybridized carbons (Fsp3) is 0.182. The summed E-state index contributed by atoms with van der Waals surface area (Å²) in [4.78, 5) is 33.8. The monoisotopic (exact) mass is 296 g/mol. The van der Waals surface area contributed by atoms with Crippen molar-refractivity contribution in [3.05, 3.63) is 37.3 Å². The Bertz CT molecular complexity index is 873. The Morgan fingerprint density at radius 1 is 1.37 bits per heavy atom. The van der Waals surface area contributed by atoms with Gasteiger partial charge in [-0.2, -0.15) is 0 Å². The highest BCUT2D eigenvalue weighted by atomic mass is 35.5. The average Bonchev–Trinajstić information content (AvgIpc) is 2.96. The third kappa shape index (κ3) is 1.91. The second kappa shape index (κ2) is 4.36. The number of aromatic amines is 2. The lowest BCUT2D eigenvalue weighted by Crippen LogP contribution is -2.29. The summed E-state index contributed by atoms with van der Waals surface area (Å²) in [7, 11) is 0. The molecule has 0 aliphatic carbocycles. The molecule has 0 radical (unpaired) electrons. The molecular weight excluding hydrogens is 288 g/mol. The Kier molecular flexibility index (Phi) is 2.79. The molecule has 3 aromatic heterocycles. The van der Waals surface area contributed by atoms with E-state index in [1.54, 1.807) is 6.07 Å². The van der Waals surface area contributed by atoms with E-state index in [2.05, 4.69) is 15.0 Å². The van der Waals surface area contributed by atoms with Crippen LogP contribution in [0, 0.1) is 0 Å². The first-order chi connectivity index (χ1) is 9.10. The first kappa shape index (κ1) is 12.2. The zero-order valence-corrected chi connectivity index (χ0v) is 11.4. The van der Waals surface area contributed by atoms with Gasteiger partial charge in [0.25, 0.3) is 5.56 Å². The Hall–Kier alpha value is -1.86. The van der Waals surface area contributed by atoms with Gasteiger partial charge >= 0.3 is 5.69 Å². The number of halogens is 1. The number of H-pyrrole nitrogens is 2. The number of nitrogens with one attached hydrogen (secondary N) is 2. The molecule has 0 saturated carbocycles. The van der Waals surface area contributed by atoms with Gasteiger partial charge in [0.15, 0.2) is 11.5 Å². The van der Waals surface area contributed by atoms with Crippen LogP contribution < -0.4 is 11.2 Å². The molecule has 0 amide bonds. The van der Waals surface area contributed by atoms with Gasteiger partial charge in [-0.3, -0.25) is 14.3 Å². The number of aryl methyl sites for hydroxylation is 1. The van der Waals surface area contributed by atoms with E-state index in [1.807, 2.05) is 13.0 Å². The van der Waals surface area contributed by atoms with Gasteiger partial charge in [-0.25, -0.2) is 9.78 Å². The summed E-state index contributed by atoms with van der Waals surface area (Å²) in [6.45, 7) is 2.25. The van der Waals surface area contributed by atoms with Crippen molar-refractivity contribution in [2.24, 2.45) is 0 Å². The molecule has 98 valence electrons. The van der Waals surface area contributed by atoms with E-state index < -0.39 is 11.2 Å². The van der Waals surface area contributed by atoms with Crippen molar-refractivity contribution < 1.29 is 0 Å². The Morgan fingerprint density at radius 3 is 2.79 bits per heavy atom. The highest BCUT2D eigenvalue weighted by Gasteiger charge is 2.14. The van der Waals surface area contributed by atoms with Crippen LogP contribution >= 0.6 is 22.9 Å². The lowest BCUT2D eigenvalue weighted by molar-refractivity contribution is 0.720. The smallest absolute Gasteiger partial charge is 0.330 e. The predicted octanol–water partition coefficient (Wildman–Crippen LogP) is 1.81. The van der Waals surface area contributed by atoms with Crippen LogP contribution in [0.25, 0.3) is 21.9 Å². The molecule has 0 unspecified atom stereocenters. The zero-order valence-electron chi connectivity index (χ0n) is 9.86. The van der Waals surface area contributed by atoms with Gasteiger partial charge in [0, 0.05) is 6.54 Å². The molecule has 0 saturated heterocycles. The fourth-order valence-corrected chi connectivity index (χ4v) is 2.88. The first-order valence-electron chi connectivity index (χ1n) is 5.58. The molecule has 6 nitrogen and oxygen atoms in total. The predicted molar refractivity (Wildman–Crippen MR) is 75.0 cm³/mol. The highest BCUT2D eigenvalue weighted by Crippen LogP contribution is 2.29. The molecule has 0 aliphatic rings. The summed E-state index contributed by atoms with van der Waals surface area (Å²) in [5.41, 5.74) is -0.273. The first-order valence-corrected chi connectivity index (χ1v) is 6.78. The number of rotatable bonds is 2. The SMILES string of the molecule is CCn1c(=O)[nH]c(=O)c2[nH]c(-c3ccc(Cl)s3)nc21. The second-order valence-corrected chi connectivity index (χ2v) is 5.61. The topological polar surface area (TPSA) is 83.5 Å². The number of imidazole rings is 1. The van der Waals surface area contributed by atoms with Crippen LogP contribution in [-0.4, -0.2) is 19.5 Å². The third-order valence-corrected chi connectivity index (χ3v) is 3.99. The second-order valence-electron chi connectivity index (χ2n) is 3.89. The molecule has 0 aliphatic heterocycles. The zero-order chi connectivity index (χ0) is 13.6. The van der Waals surface area contributed by atoms with E-state index in [0.717, 1.165) is 4.88 Å². The molecule has 0 aromatic carbocycles. The summed E-state index contributed by atoms with van der Waals surface area (Å²) < 4.78 is 2.05. The van der Waals surface area contributed by atoms with Gasteiger partial charge in [0.1, 0.15) is 5.52 Å². The van der Waals surface area contributed by atoms with Gasteiger partial charge in [-0.15, -0.1) is 11.3 Å². The van der Waals surface area contributed by atoms with Gasteiger partial charge < -0.3 is 4.98 Å². The van der Waals surface area contributed by atoms with Crippen LogP contribution in [0.3, 0.4) is 0 Å². The maximum atomic E-state index is 11.8. The number of hydrogen-bond donors (Lipinski definition) is 2. The van der Waals surface area contributed by atoms with E-state index in [4.69, 9.17) is 11.6 Å². The molecule has 0 bridgehead atoms. The molecule has 3 rings (SSSR count). The number of fused-ring (bicyclic) bond motifs is 1. The standard InChI is InChI=1S/C11H9ClN4O2S/c1-2-16-9-7(10(17)15-11(16)18)13-8(14-9)5-3-4-6(12)19-5/h3-4H,2H2,1H3,(H,13,14)(H,15,17,18). The number of nitrogens with zero attached hydrogens (tertiary/aromatic N) is 2. The van der Waals surface area contributed by atoms with Crippen LogP contribution in [0.4, 0.5) is 0 Å². The molecular formula is C11H9ClN4O2S. The van der Waals surface area contributed by atoms with Crippen molar-refractivity contribution in [2.45, 2.75) is 13.5 Å². The Balaban J connectivity index is 2.34. The Morgan fingerprint density at radius 2 is 2.16 bits per heavy atom. The molecule has 8 heteroatoms. The van der Waals surface area contributed by atoms with Crippen molar-refractivity contribution in [1.82, 2.24) is 19.5 Å². The van der Waals surface area contributed by atoms with E-state index >= 15 is 0 Å². The maximum absolute atomic E-state index is 11.8. The van der Waals surface area contributed by atoms with Crippen molar-refractivity contribution in [1.29, 1.82) is 0 Å². The van der Waals surface area contributed by atoms with E-state index in [0.29, 0.717) is 27.9 Å². The Labute approximate surface area is 115 Å². The number of aromatic nitrogens is 4. The van der Waals surface area contributed by atoms with Crippen molar-refractivity contribution in [3.63, 3.8) is 0 Å².